The van der Waals surface area contributed by atoms with Crippen molar-refractivity contribution in [2.75, 3.05) is 18.2 Å². The number of nitrogens with zero attached hydrogens (tertiary/aromatic N) is 2. The standard InChI is InChI=1S/C16H17ClN4O4S/c1-9-3-4-11(25-2)10(5-9)20-14(23)7-21-16(24)15(17)12(6-19-21)26-8-13(18)22/h3-6H,7-8H2,1-2H3,(H2,18,22)(H,20,23). The molecule has 8 nitrogen and oxygen atoms in total. The highest BCUT2D eigenvalue weighted by Crippen LogP contribution is 2.25. The molecule has 0 saturated carbocycles. The molecule has 3 N–H and O–H groups in total. The maximum Gasteiger partial charge on any atom is 0.287 e. The van der Waals surface area contributed by atoms with Gasteiger partial charge in [-0.05, 0) is 24.6 Å². The van der Waals surface area contributed by atoms with E-state index in [-0.39, 0.29) is 17.3 Å². The van der Waals surface area contributed by atoms with Crippen LogP contribution in [0, 0.1) is 6.92 Å². The average molecular weight is 397 g/mol. The van der Waals surface area contributed by atoms with Crippen molar-refractivity contribution in [3.63, 3.8) is 0 Å². The number of aromatic nitrogens is 2. The van der Waals surface area contributed by atoms with Crippen molar-refractivity contribution in [2.45, 2.75) is 18.4 Å². The minimum atomic E-state index is -0.632. The zero-order chi connectivity index (χ0) is 19.3. The van der Waals surface area contributed by atoms with Crippen LogP contribution in [0.5, 0.6) is 5.75 Å². The van der Waals surface area contributed by atoms with Crippen LogP contribution in [0.4, 0.5) is 5.69 Å². The van der Waals surface area contributed by atoms with Crippen molar-refractivity contribution in [1.29, 1.82) is 0 Å². The first-order valence-electron chi connectivity index (χ1n) is 7.43. The number of nitrogens with one attached hydrogen (secondary N) is 1. The van der Waals surface area contributed by atoms with E-state index in [2.05, 4.69) is 10.4 Å². The largest absolute Gasteiger partial charge is 0.495 e. The summed E-state index contributed by atoms with van der Waals surface area (Å²) in [7, 11) is 1.49. The Morgan fingerprint density at radius 1 is 1.42 bits per heavy atom. The Kier molecular flexibility index (Phi) is 6.64. The molecular formula is C16H17ClN4O4S. The lowest BCUT2D eigenvalue weighted by Crippen LogP contribution is -2.30. The third kappa shape index (κ3) is 4.99. The molecule has 0 saturated heterocycles. The fraction of sp³-hybridized carbons (Fsp3) is 0.250. The predicted molar refractivity (Wildman–Crippen MR) is 99.8 cm³/mol. The quantitative estimate of drug-likeness (QED) is 0.684. The number of amides is 2. The molecule has 0 aliphatic carbocycles. The molecule has 2 rings (SSSR count). The summed E-state index contributed by atoms with van der Waals surface area (Å²) < 4.78 is 6.13. The summed E-state index contributed by atoms with van der Waals surface area (Å²) in [5.41, 5.74) is 5.86. The van der Waals surface area contributed by atoms with Gasteiger partial charge in [0.15, 0.2) is 0 Å². The smallest absolute Gasteiger partial charge is 0.287 e. The average Bonchev–Trinajstić information content (AvgIpc) is 2.58. The molecule has 1 heterocycles. The van der Waals surface area contributed by atoms with Gasteiger partial charge in [-0.15, -0.1) is 11.8 Å². The molecule has 0 unspecified atom stereocenters. The van der Waals surface area contributed by atoms with Crippen LogP contribution in [-0.4, -0.2) is 34.5 Å². The third-order valence-electron chi connectivity index (χ3n) is 3.25. The molecule has 2 aromatic rings. The summed E-state index contributed by atoms with van der Waals surface area (Å²) in [5, 5.41) is 6.47. The van der Waals surface area contributed by atoms with E-state index in [0.29, 0.717) is 16.3 Å². The lowest BCUT2D eigenvalue weighted by molar-refractivity contribution is -0.117. The number of carbonyl (C=O) groups excluding carboxylic acids is 2. The van der Waals surface area contributed by atoms with E-state index in [1.54, 1.807) is 12.1 Å². The topological polar surface area (TPSA) is 116 Å². The number of aryl methyl sites for hydroxylation is 1. The molecule has 0 spiro atoms. The molecular weight excluding hydrogens is 380 g/mol. The third-order valence-corrected chi connectivity index (χ3v) is 4.77. The summed E-state index contributed by atoms with van der Waals surface area (Å²) in [6.45, 7) is 1.56. The van der Waals surface area contributed by atoms with Gasteiger partial charge in [-0.1, -0.05) is 17.7 Å². The molecule has 2 amide bonds. The van der Waals surface area contributed by atoms with E-state index in [9.17, 15) is 14.4 Å². The van der Waals surface area contributed by atoms with Crippen LogP contribution in [0.3, 0.4) is 0 Å². The van der Waals surface area contributed by atoms with Crippen LogP contribution in [-0.2, 0) is 16.1 Å². The number of nitrogens with two attached hydrogens (primary N) is 1. The predicted octanol–water partition coefficient (Wildman–Crippen LogP) is 1.43. The number of carbonyl (C=O) groups is 2. The molecule has 0 aliphatic rings. The first-order chi connectivity index (χ1) is 12.3. The van der Waals surface area contributed by atoms with E-state index < -0.39 is 17.4 Å². The molecule has 0 radical (unpaired) electrons. The molecule has 0 bridgehead atoms. The van der Waals surface area contributed by atoms with Crippen LogP contribution < -0.4 is 21.3 Å². The number of thioether (sulfide) groups is 1. The number of hydrogen-bond donors (Lipinski definition) is 2. The maximum absolute atomic E-state index is 12.2. The number of ether oxygens (including phenoxy) is 1. The minimum Gasteiger partial charge on any atom is -0.495 e. The highest BCUT2D eigenvalue weighted by atomic mass is 35.5. The zero-order valence-corrected chi connectivity index (χ0v) is 15.7. The summed E-state index contributed by atoms with van der Waals surface area (Å²) in [4.78, 5) is 35.6. The zero-order valence-electron chi connectivity index (χ0n) is 14.1. The van der Waals surface area contributed by atoms with Gasteiger partial charge in [-0.3, -0.25) is 14.4 Å². The van der Waals surface area contributed by atoms with Gasteiger partial charge in [0.2, 0.25) is 11.8 Å². The van der Waals surface area contributed by atoms with E-state index in [0.717, 1.165) is 22.0 Å². The van der Waals surface area contributed by atoms with Crippen molar-refractivity contribution in [2.24, 2.45) is 5.73 Å². The monoisotopic (exact) mass is 396 g/mol. The summed E-state index contributed by atoms with van der Waals surface area (Å²) in [5.74, 6) is -0.530. The Hall–Kier alpha value is -2.52. The summed E-state index contributed by atoms with van der Waals surface area (Å²) in [6, 6.07) is 5.34. The fourth-order valence-electron chi connectivity index (χ4n) is 2.06. The van der Waals surface area contributed by atoms with E-state index >= 15 is 0 Å². The summed E-state index contributed by atoms with van der Waals surface area (Å²) in [6.07, 6.45) is 1.32. The maximum atomic E-state index is 12.2. The molecule has 1 aromatic heterocycles. The molecule has 10 heteroatoms. The van der Waals surface area contributed by atoms with Crippen molar-refractivity contribution >= 4 is 40.9 Å². The van der Waals surface area contributed by atoms with Crippen molar-refractivity contribution in [3.05, 3.63) is 45.3 Å². The molecule has 0 atom stereocenters. The number of halogens is 1. The Morgan fingerprint density at radius 2 is 2.15 bits per heavy atom. The van der Waals surface area contributed by atoms with Crippen LogP contribution in [0.15, 0.2) is 34.1 Å². The van der Waals surface area contributed by atoms with Crippen LogP contribution >= 0.6 is 23.4 Å². The number of anilines is 1. The van der Waals surface area contributed by atoms with Gasteiger partial charge in [0, 0.05) is 0 Å². The number of primary amides is 1. The Bertz CT molecular complexity index is 900. The first kappa shape index (κ1) is 19.8. The Labute approximate surface area is 158 Å². The molecule has 0 fully saturated rings. The van der Waals surface area contributed by atoms with E-state index in [1.165, 1.54) is 13.3 Å². The van der Waals surface area contributed by atoms with Crippen LogP contribution in [0.2, 0.25) is 5.02 Å². The lowest BCUT2D eigenvalue weighted by atomic mass is 10.2. The van der Waals surface area contributed by atoms with Crippen molar-refractivity contribution in [3.8, 4) is 5.75 Å². The second-order valence-corrected chi connectivity index (χ2v) is 6.69. The highest BCUT2D eigenvalue weighted by molar-refractivity contribution is 8.00. The van der Waals surface area contributed by atoms with Crippen LogP contribution in [0.25, 0.3) is 0 Å². The van der Waals surface area contributed by atoms with E-state index in [1.807, 2.05) is 13.0 Å². The number of methoxy groups -OCH3 is 1. The Morgan fingerprint density at radius 3 is 2.81 bits per heavy atom. The molecule has 26 heavy (non-hydrogen) atoms. The van der Waals surface area contributed by atoms with Crippen LogP contribution in [0.1, 0.15) is 5.56 Å². The fourth-order valence-corrected chi connectivity index (χ4v) is 3.00. The molecule has 0 aliphatic heterocycles. The Balaban J connectivity index is 2.14. The number of rotatable bonds is 7. The van der Waals surface area contributed by atoms with Gasteiger partial charge in [-0.25, -0.2) is 4.68 Å². The minimum absolute atomic E-state index is 0.0293. The van der Waals surface area contributed by atoms with Gasteiger partial charge < -0.3 is 15.8 Å². The molecule has 138 valence electrons. The van der Waals surface area contributed by atoms with Gasteiger partial charge >= 0.3 is 0 Å². The van der Waals surface area contributed by atoms with Crippen molar-refractivity contribution in [1.82, 2.24) is 9.78 Å². The second kappa shape index (κ2) is 8.72. The van der Waals surface area contributed by atoms with Crippen molar-refractivity contribution < 1.29 is 14.3 Å². The highest BCUT2D eigenvalue weighted by Gasteiger charge is 2.14. The number of hydrogen-bond acceptors (Lipinski definition) is 6. The van der Waals surface area contributed by atoms with Gasteiger partial charge in [0.25, 0.3) is 5.56 Å². The normalized spacial score (nSPS) is 10.4. The van der Waals surface area contributed by atoms with Gasteiger partial charge in [0.1, 0.15) is 17.3 Å². The lowest BCUT2D eigenvalue weighted by Gasteiger charge is -2.12. The SMILES string of the molecule is COc1ccc(C)cc1NC(=O)Cn1ncc(SCC(N)=O)c(Cl)c1=O. The first-order valence-corrected chi connectivity index (χ1v) is 8.79. The number of benzene rings is 1. The van der Waals surface area contributed by atoms with Gasteiger partial charge in [-0.2, -0.15) is 5.10 Å². The van der Waals surface area contributed by atoms with E-state index in [4.69, 9.17) is 22.1 Å². The summed E-state index contributed by atoms with van der Waals surface area (Å²) >= 11 is 7.00. The second-order valence-electron chi connectivity index (χ2n) is 5.29. The van der Waals surface area contributed by atoms with Gasteiger partial charge in [0.05, 0.1) is 29.6 Å². The molecule has 1 aromatic carbocycles.